The second-order valence-electron chi connectivity index (χ2n) is 7.22. The van der Waals surface area contributed by atoms with Gasteiger partial charge < -0.3 is 30.6 Å². The maximum absolute atomic E-state index is 12.4. The van der Waals surface area contributed by atoms with Gasteiger partial charge in [0.15, 0.2) is 0 Å². The molecule has 0 aliphatic carbocycles. The average Bonchev–Trinajstić information content (AvgIpc) is 2.95. The molecule has 0 spiro atoms. The van der Waals surface area contributed by atoms with Crippen LogP contribution < -0.4 is 75.1 Å². The van der Waals surface area contributed by atoms with Crippen molar-refractivity contribution in [3.8, 4) is 17.0 Å². The Balaban J connectivity index is 0.00000148. The van der Waals surface area contributed by atoms with Crippen molar-refractivity contribution in [3.63, 3.8) is 0 Å². The van der Waals surface area contributed by atoms with Crippen LogP contribution in [0.2, 0.25) is 10.0 Å². The first-order chi connectivity index (χ1) is 13.8. The van der Waals surface area contributed by atoms with Crippen LogP contribution in [0.1, 0.15) is 32.0 Å². The van der Waals surface area contributed by atoms with Gasteiger partial charge in [-0.25, -0.2) is 14.8 Å². The van der Waals surface area contributed by atoms with Crippen LogP contribution in [-0.4, -0.2) is 37.8 Å². The van der Waals surface area contributed by atoms with E-state index in [1.807, 2.05) is 0 Å². The predicted molar refractivity (Wildman–Crippen MR) is 104 cm³/mol. The molecule has 1 amide bonds. The van der Waals surface area contributed by atoms with E-state index in [-0.39, 0.29) is 88.9 Å². The van der Waals surface area contributed by atoms with Crippen molar-refractivity contribution in [1.29, 1.82) is 0 Å². The van der Waals surface area contributed by atoms with E-state index >= 15 is 0 Å². The summed E-state index contributed by atoms with van der Waals surface area (Å²) in [6.45, 7) is 5.84. The Kier molecular flexibility index (Phi) is 12.1. The fourth-order valence-corrected chi connectivity index (χ4v) is 3.30. The van der Waals surface area contributed by atoms with Crippen LogP contribution in [0.3, 0.4) is 0 Å². The zero-order valence-corrected chi connectivity index (χ0v) is 23.7. The zero-order chi connectivity index (χ0) is 22.8. The van der Waals surface area contributed by atoms with Gasteiger partial charge in [-0.2, -0.15) is 0 Å². The van der Waals surface area contributed by atoms with Crippen LogP contribution in [0.25, 0.3) is 11.3 Å². The van der Waals surface area contributed by atoms with Crippen molar-refractivity contribution in [1.82, 2.24) is 14.9 Å². The Hall–Kier alpha value is -0.980. The number of carboxylic acid groups (broad SMARTS) is 2. The van der Waals surface area contributed by atoms with Crippen molar-refractivity contribution >= 4 is 41.4 Å². The molecule has 32 heavy (non-hydrogen) atoms. The Bertz CT molecular complexity index is 977. The number of fused-ring (bicyclic) bond motifs is 1. The number of carbonyl (C=O) groups excluding carboxylic acids is 2. The van der Waals surface area contributed by atoms with Gasteiger partial charge in [0, 0.05) is 10.6 Å². The number of aromatic nitrogens is 2. The minimum absolute atomic E-state index is 0. The van der Waals surface area contributed by atoms with Crippen molar-refractivity contribution in [2.75, 3.05) is 5.73 Å². The van der Waals surface area contributed by atoms with Gasteiger partial charge in [0.2, 0.25) is 5.95 Å². The van der Waals surface area contributed by atoms with Crippen LogP contribution >= 0.6 is 23.2 Å². The Morgan fingerprint density at radius 1 is 1.16 bits per heavy atom. The number of ether oxygens (including phenoxy) is 1. The Labute approximate surface area is 238 Å². The summed E-state index contributed by atoms with van der Waals surface area (Å²) in [7, 11) is 0. The summed E-state index contributed by atoms with van der Waals surface area (Å²) in [6, 6.07) is 2.87. The number of aromatic hydroxyl groups is 1. The zero-order valence-electron chi connectivity index (χ0n) is 18.2. The van der Waals surface area contributed by atoms with E-state index in [9.17, 15) is 9.90 Å². The number of hydrogen-bond acceptors (Lipinski definition) is 9. The summed E-state index contributed by atoms with van der Waals surface area (Å²) in [6.07, 6.45) is -2.80. The number of nitrogen functional groups attached to an aromatic ring is 1. The number of phenols is 1. The Morgan fingerprint density at radius 2 is 1.72 bits per heavy atom. The SMILES string of the molecule is CC(C)(C)OC(=O)N1Cc2nc(N)nc(-c3c(O)cc(Cl)cc3Cl)c2C1.O=C([O-])[O-].[Na+].[Na+]. The van der Waals surface area contributed by atoms with E-state index in [4.69, 9.17) is 48.7 Å². The fourth-order valence-electron chi connectivity index (χ4n) is 2.73. The van der Waals surface area contributed by atoms with Crippen LogP contribution in [-0.2, 0) is 17.8 Å². The van der Waals surface area contributed by atoms with Gasteiger partial charge in [-0.1, -0.05) is 23.2 Å². The van der Waals surface area contributed by atoms with Crippen LogP contribution in [0.5, 0.6) is 5.75 Å². The molecule has 0 radical (unpaired) electrons. The second-order valence-corrected chi connectivity index (χ2v) is 8.07. The fraction of sp³-hybridized carbons (Fsp3) is 0.333. The van der Waals surface area contributed by atoms with Gasteiger partial charge in [0.05, 0.1) is 35.1 Å². The summed E-state index contributed by atoms with van der Waals surface area (Å²) < 4.78 is 5.41. The third kappa shape index (κ3) is 8.42. The summed E-state index contributed by atoms with van der Waals surface area (Å²) in [4.78, 5) is 30.6. The largest absolute Gasteiger partial charge is 1.00 e. The molecule has 0 saturated carbocycles. The van der Waals surface area contributed by atoms with Crippen molar-refractivity contribution in [2.24, 2.45) is 0 Å². The van der Waals surface area contributed by atoms with Gasteiger partial charge in [-0.05, 0) is 39.1 Å². The number of anilines is 1. The van der Waals surface area contributed by atoms with Gasteiger partial charge in [0.25, 0.3) is 0 Å². The molecule has 0 saturated heterocycles. The maximum Gasteiger partial charge on any atom is 1.00 e. The minimum atomic E-state index is -2.33. The molecule has 2 aromatic rings. The average molecular weight is 503 g/mol. The summed E-state index contributed by atoms with van der Waals surface area (Å²) >= 11 is 12.2. The van der Waals surface area contributed by atoms with Gasteiger partial charge in [-0.15, -0.1) is 0 Å². The monoisotopic (exact) mass is 502 g/mol. The predicted octanol–water partition coefficient (Wildman–Crippen LogP) is -4.45. The molecular formula is C18H18Cl2N4Na2O6. The van der Waals surface area contributed by atoms with E-state index in [0.717, 1.165) is 0 Å². The number of phenolic OH excluding ortho intramolecular Hbond substituents is 1. The quantitative estimate of drug-likeness (QED) is 0.366. The summed E-state index contributed by atoms with van der Waals surface area (Å²) in [5.74, 6) is -0.103. The van der Waals surface area contributed by atoms with Crippen molar-refractivity contribution < 1.29 is 88.8 Å². The molecule has 0 fully saturated rings. The molecule has 2 heterocycles. The number of rotatable bonds is 1. The molecule has 14 heteroatoms. The minimum Gasteiger partial charge on any atom is -0.652 e. The Morgan fingerprint density at radius 3 is 2.22 bits per heavy atom. The number of nitrogens with zero attached hydrogens (tertiary/aromatic N) is 3. The van der Waals surface area contributed by atoms with E-state index in [1.54, 1.807) is 20.8 Å². The van der Waals surface area contributed by atoms with Gasteiger partial charge >= 0.3 is 65.2 Å². The van der Waals surface area contributed by atoms with E-state index in [0.29, 0.717) is 27.5 Å². The van der Waals surface area contributed by atoms with E-state index in [2.05, 4.69) is 9.97 Å². The van der Waals surface area contributed by atoms with Gasteiger partial charge in [0.1, 0.15) is 11.4 Å². The van der Waals surface area contributed by atoms with E-state index < -0.39 is 17.8 Å². The third-order valence-electron chi connectivity index (χ3n) is 3.72. The smallest absolute Gasteiger partial charge is 0.652 e. The molecule has 1 aliphatic heterocycles. The number of benzene rings is 1. The maximum atomic E-state index is 12.4. The van der Waals surface area contributed by atoms with Crippen LogP contribution in [0.15, 0.2) is 12.1 Å². The molecule has 162 valence electrons. The molecule has 1 aliphatic rings. The number of amides is 1. The molecular weight excluding hydrogens is 485 g/mol. The first-order valence-corrected chi connectivity index (χ1v) is 9.23. The van der Waals surface area contributed by atoms with Gasteiger partial charge in [-0.3, -0.25) is 4.90 Å². The number of nitrogens with two attached hydrogens (primary N) is 1. The molecule has 1 aromatic heterocycles. The first-order valence-electron chi connectivity index (χ1n) is 8.48. The topological polar surface area (TPSA) is 165 Å². The van der Waals surface area contributed by atoms with E-state index in [1.165, 1.54) is 17.0 Å². The molecule has 3 N–H and O–H groups in total. The summed E-state index contributed by atoms with van der Waals surface area (Å²) in [5, 5.41) is 27.5. The molecule has 0 unspecified atom stereocenters. The molecule has 0 atom stereocenters. The first kappa shape index (κ1) is 31.0. The van der Waals surface area contributed by atoms with Crippen molar-refractivity contribution in [2.45, 2.75) is 39.5 Å². The number of carbonyl (C=O) groups is 2. The molecule has 0 bridgehead atoms. The normalized spacial score (nSPS) is 11.8. The molecule has 3 rings (SSSR count). The number of hydrogen-bond donors (Lipinski definition) is 2. The second kappa shape index (κ2) is 12.5. The standard InChI is InChI=1S/C17H18Cl2N4O3.CH2O3.2Na/c1-17(2,3)26-16(25)23-6-9-11(7-23)21-15(20)22-14(9)13-10(19)4-8(18)5-12(13)24;2-1(3)4;;/h4-5,24H,6-7H2,1-3H3,(H2,20,21,22);(H2,2,3,4);;/q;;2*+1/p-2. The van der Waals surface area contributed by atoms with Crippen LogP contribution in [0.4, 0.5) is 15.5 Å². The molecule has 10 nitrogen and oxygen atoms in total. The third-order valence-corrected chi connectivity index (χ3v) is 4.24. The van der Waals surface area contributed by atoms with Crippen LogP contribution in [0, 0.1) is 0 Å². The summed E-state index contributed by atoms with van der Waals surface area (Å²) in [5.41, 5.74) is 7.12. The number of halogens is 2. The molecule has 1 aromatic carbocycles. The van der Waals surface area contributed by atoms with Crippen molar-refractivity contribution in [3.05, 3.63) is 33.4 Å².